The minimum atomic E-state index is -3.27. The van der Waals surface area contributed by atoms with Crippen LogP contribution in [0.25, 0.3) is 10.9 Å². The molecule has 0 saturated carbocycles. The summed E-state index contributed by atoms with van der Waals surface area (Å²) in [6.45, 7) is 3.30. The van der Waals surface area contributed by atoms with Crippen LogP contribution in [0.1, 0.15) is 0 Å². The van der Waals surface area contributed by atoms with Gasteiger partial charge >= 0.3 is 0 Å². The first-order chi connectivity index (χ1) is 12.0. The molecule has 0 amide bonds. The second-order valence-corrected chi connectivity index (χ2v) is 8.83. The molecule has 0 unspecified atom stereocenters. The van der Waals surface area contributed by atoms with Gasteiger partial charge in [-0.25, -0.2) is 23.4 Å². The van der Waals surface area contributed by atoms with Crippen LogP contribution in [-0.4, -0.2) is 55.8 Å². The molecule has 0 aliphatic carbocycles. The fourth-order valence-electron chi connectivity index (χ4n) is 2.99. The van der Waals surface area contributed by atoms with Crippen molar-refractivity contribution >= 4 is 43.0 Å². The molecule has 1 aliphatic heterocycles. The van der Waals surface area contributed by atoms with Crippen molar-refractivity contribution in [2.75, 3.05) is 42.2 Å². The molecule has 0 N–H and O–H groups in total. The number of anilines is 2. The van der Waals surface area contributed by atoms with Crippen LogP contribution in [-0.2, 0) is 9.84 Å². The molecule has 1 fully saturated rings. The Bertz CT molecular complexity index is 997. The highest BCUT2D eigenvalue weighted by Crippen LogP contribution is 2.27. The smallest absolute Gasteiger partial charge is 0.185 e. The van der Waals surface area contributed by atoms with Gasteiger partial charge in [0, 0.05) is 49.4 Å². The molecule has 25 heavy (non-hydrogen) atoms. The van der Waals surface area contributed by atoms with Crippen molar-refractivity contribution in [1.29, 1.82) is 0 Å². The zero-order chi connectivity index (χ0) is 17.4. The van der Waals surface area contributed by atoms with Crippen molar-refractivity contribution in [3.8, 4) is 0 Å². The van der Waals surface area contributed by atoms with E-state index in [-0.39, 0.29) is 4.90 Å². The largest absolute Gasteiger partial charge is 0.352 e. The molecular weight excluding hydrogens is 358 g/mol. The van der Waals surface area contributed by atoms with Crippen LogP contribution in [0.2, 0.25) is 0 Å². The van der Waals surface area contributed by atoms with E-state index >= 15 is 0 Å². The van der Waals surface area contributed by atoms with E-state index in [1.54, 1.807) is 29.5 Å². The van der Waals surface area contributed by atoms with Crippen LogP contribution in [0.4, 0.5) is 10.9 Å². The lowest BCUT2D eigenvalue weighted by Gasteiger charge is -2.35. The SMILES string of the molecule is CS(=O)(=O)c1ccc2ncnc(N3CCN(c4nccs4)CC3)c2c1. The first-order valence-corrected chi connectivity index (χ1v) is 10.6. The lowest BCUT2D eigenvalue weighted by atomic mass is 10.2. The number of hydrogen-bond acceptors (Lipinski definition) is 8. The van der Waals surface area contributed by atoms with Crippen molar-refractivity contribution in [2.45, 2.75) is 4.90 Å². The molecule has 0 bridgehead atoms. The van der Waals surface area contributed by atoms with Crippen LogP contribution < -0.4 is 9.80 Å². The summed E-state index contributed by atoms with van der Waals surface area (Å²) < 4.78 is 23.7. The van der Waals surface area contributed by atoms with E-state index in [4.69, 9.17) is 0 Å². The van der Waals surface area contributed by atoms with Gasteiger partial charge in [0.05, 0.1) is 10.4 Å². The Hall–Kier alpha value is -2.26. The molecule has 0 radical (unpaired) electrons. The van der Waals surface area contributed by atoms with Gasteiger partial charge in [0.25, 0.3) is 0 Å². The molecule has 130 valence electrons. The number of fused-ring (bicyclic) bond motifs is 1. The van der Waals surface area contributed by atoms with E-state index in [0.717, 1.165) is 48.0 Å². The maximum Gasteiger partial charge on any atom is 0.185 e. The Labute approximate surface area is 149 Å². The highest BCUT2D eigenvalue weighted by molar-refractivity contribution is 7.90. The highest BCUT2D eigenvalue weighted by atomic mass is 32.2. The number of rotatable bonds is 3. The molecule has 3 heterocycles. The molecule has 1 aliphatic rings. The van der Waals surface area contributed by atoms with E-state index in [1.807, 2.05) is 11.6 Å². The van der Waals surface area contributed by atoms with E-state index in [9.17, 15) is 8.42 Å². The highest BCUT2D eigenvalue weighted by Gasteiger charge is 2.22. The Balaban J connectivity index is 1.65. The third-order valence-electron chi connectivity index (χ3n) is 4.28. The molecule has 0 atom stereocenters. The average molecular weight is 375 g/mol. The van der Waals surface area contributed by atoms with Crippen LogP contribution in [0, 0.1) is 0 Å². The zero-order valence-electron chi connectivity index (χ0n) is 13.7. The maximum absolute atomic E-state index is 11.9. The van der Waals surface area contributed by atoms with Gasteiger partial charge in [-0.05, 0) is 18.2 Å². The fraction of sp³-hybridized carbons (Fsp3) is 0.312. The van der Waals surface area contributed by atoms with Gasteiger partial charge in [0.1, 0.15) is 12.1 Å². The summed E-state index contributed by atoms with van der Waals surface area (Å²) in [5.41, 5.74) is 0.750. The monoisotopic (exact) mass is 375 g/mol. The summed E-state index contributed by atoms with van der Waals surface area (Å²) in [6, 6.07) is 5.00. The number of piperazine rings is 1. The predicted molar refractivity (Wildman–Crippen MR) is 99.2 cm³/mol. The summed E-state index contributed by atoms with van der Waals surface area (Å²) in [5.74, 6) is 0.786. The van der Waals surface area contributed by atoms with Crippen molar-refractivity contribution in [1.82, 2.24) is 15.0 Å². The van der Waals surface area contributed by atoms with Crippen LogP contribution in [0.5, 0.6) is 0 Å². The minimum Gasteiger partial charge on any atom is -0.352 e. The Morgan fingerprint density at radius 3 is 2.48 bits per heavy atom. The normalized spacial score (nSPS) is 15.7. The van der Waals surface area contributed by atoms with Gasteiger partial charge in [-0.15, -0.1) is 11.3 Å². The van der Waals surface area contributed by atoms with Gasteiger partial charge in [-0.2, -0.15) is 0 Å². The number of hydrogen-bond donors (Lipinski definition) is 0. The van der Waals surface area contributed by atoms with Gasteiger partial charge in [-0.3, -0.25) is 0 Å². The quantitative estimate of drug-likeness (QED) is 0.691. The first kappa shape index (κ1) is 16.2. The standard InChI is InChI=1S/C16H17N5O2S2/c1-25(22,23)12-2-3-14-13(10-12)15(19-11-18-14)20-5-7-21(8-6-20)16-17-4-9-24-16/h2-4,9-11H,5-8H2,1H3. The van der Waals surface area contributed by atoms with Crippen LogP contribution in [0.15, 0.2) is 41.0 Å². The lowest BCUT2D eigenvalue weighted by Crippen LogP contribution is -2.46. The maximum atomic E-state index is 11.9. The van der Waals surface area contributed by atoms with Crippen molar-refractivity contribution in [3.05, 3.63) is 36.1 Å². The summed E-state index contributed by atoms with van der Waals surface area (Å²) in [7, 11) is -3.27. The van der Waals surface area contributed by atoms with Gasteiger partial charge in [0.15, 0.2) is 15.0 Å². The van der Waals surface area contributed by atoms with Crippen LogP contribution in [0.3, 0.4) is 0 Å². The molecular formula is C16H17N5O2S2. The lowest BCUT2D eigenvalue weighted by molar-refractivity contribution is 0.602. The van der Waals surface area contributed by atoms with E-state index < -0.39 is 9.84 Å². The third kappa shape index (κ3) is 3.16. The number of nitrogens with zero attached hydrogens (tertiary/aromatic N) is 5. The summed E-state index contributed by atoms with van der Waals surface area (Å²) in [6.07, 6.45) is 4.56. The summed E-state index contributed by atoms with van der Waals surface area (Å²) in [4.78, 5) is 17.8. The number of aromatic nitrogens is 3. The van der Waals surface area contributed by atoms with Gasteiger partial charge in [-0.1, -0.05) is 0 Å². The summed E-state index contributed by atoms with van der Waals surface area (Å²) in [5, 5.41) is 3.78. The molecule has 2 aromatic heterocycles. The average Bonchev–Trinajstić information content (AvgIpc) is 3.15. The first-order valence-electron chi connectivity index (χ1n) is 7.86. The Morgan fingerprint density at radius 2 is 1.80 bits per heavy atom. The molecule has 7 nitrogen and oxygen atoms in total. The minimum absolute atomic E-state index is 0.289. The number of benzene rings is 1. The Kier molecular flexibility index (Phi) is 4.04. The molecule has 4 rings (SSSR count). The topological polar surface area (TPSA) is 79.3 Å². The van der Waals surface area contributed by atoms with Crippen LogP contribution >= 0.6 is 11.3 Å². The third-order valence-corrected chi connectivity index (χ3v) is 6.23. The van der Waals surface area contributed by atoms with Gasteiger partial charge in [0.2, 0.25) is 0 Å². The molecule has 1 aromatic carbocycles. The zero-order valence-corrected chi connectivity index (χ0v) is 15.3. The second-order valence-electron chi connectivity index (χ2n) is 5.94. The van der Waals surface area contributed by atoms with E-state index in [1.165, 1.54) is 12.6 Å². The molecule has 1 saturated heterocycles. The Morgan fingerprint density at radius 1 is 1.04 bits per heavy atom. The van der Waals surface area contributed by atoms with Crippen molar-refractivity contribution in [3.63, 3.8) is 0 Å². The molecule has 3 aromatic rings. The summed E-state index contributed by atoms with van der Waals surface area (Å²) >= 11 is 1.64. The van der Waals surface area contributed by atoms with Crippen molar-refractivity contribution in [2.24, 2.45) is 0 Å². The fourth-order valence-corrected chi connectivity index (χ4v) is 4.33. The van der Waals surface area contributed by atoms with Gasteiger partial charge < -0.3 is 9.80 Å². The molecule has 0 spiro atoms. The number of thiazole rings is 1. The van der Waals surface area contributed by atoms with Crippen molar-refractivity contribution < 1.29 is 8.42 Å². The van der Waals surface area contributed by atoms with E-state index in [0.29, 0.717) is 0 Å². The predicted octanol–water partition coefficient (Wildman–Crippen LogP) is 1.82. The van der Waals surface area contributed by atoms with E-state index in [2.05, 4.69) is 24.8 Å². The number of sulfone groups is 1. The second kappa shape index (κ2) is 6.23. The molecule has 9 heteroatoms.